The first-order valence-electron chi connectivity index (χ1n) is 9.39. The molecule has 2 atom stereocenters. The highest BCUT2D eigenvalue weighted by Gasteiger charge is 2.30. The quantitative estimate of drug-likeness (QED) is 0.269. The van der Waals surface area contributed by atoms with Gasteiger partial charge in [-0.05, 0) is 74.1 Å². The lowest BCUT2D eigenvalue weighted by molar-refractivity contribution is 0.0162. The van der Waals surface area contributed by atoms with Crippen LogP contribution < -0.4 is 0 Å². The van der Waals surface area contributed by atoms with Gasteiger partial charge in [-0.3, -0.25) is 0 Å². The number of aliphatic hydroxyl groups excluding tert-OH is 2. The molecule has 0 aliphatic heterocycles. The number of aliphatic hydroxyl groups is 2. The van der Waals surface area contributed by atoms with E-state index in [0.29, 0.717) is 35.1 Å². The third-order valence-corrected chi connectivity index (χ3v) is 16.0. The zero-order valence-corrected chi connectivity index (χ0v) is 24.3. The number of aromatic nitrogens is 4. The third-order valence-electron chi connectivity index (χ3n) is 3.18. The van der Waals surface area contributed by atoms with Crippen LogP contribution >= 0.6 is 56.8 Å². The van der Waals surface area contributed by atoms with Crippen LogP contribution in [-0.2, 0) is 41.7 Å². The Kier molecular flexibility index (Phi) is 12.6. The molecular weight excluding hydrogens is 575 g/mol. The van der Waals surface area contributed by atoms with Crippen molar-refractivity contribution in [3.05, 3.63) is 10.0 Å². The van der Waals surface area contributed by atoms with Gasteiger partial charge < -0.3 is 28.3 Å². The first-order chi connectivity index (χ1) is 15.2. The number of rotatable bonds is 15. The molecule has 182 valence electrons. The normalized spacial score (nSPS) is 14.6. The maximum atomic E-state index is 10.6. The molecule has 10 nitrogen and oxygen atoms in total. The van der Waals surface area contributed by atoms with E-state index in [2.05, 4.69) is 20.4 Å². The molecular formula is C14H24N4O6P2S6. The van der Waals surface area contributed by atoms with Gasteiger partial charge in [-0.25, -0.2) is 0 Å². The van der Waals surface area contributed by atoms with Crippen molar-refractivity contribution in [3.8, 4) is 0 Å². The second kappa shape index (κ2) is 13.8. The molecule has 0 radical (unpaired) electrons. The van der Waals surface area contributed by atoms with Crippen molar-refractivity contribution in [1.82, 2.24) is 20.4 Å². The van der Waals surface area contributed by atoms with Crippen LogP contribution in [0.2, 0.25) is 0 Å². The van der Waals surface area contributed by atoms with Crippen molar-refractivity contribution < 1.29 is 28.3 Å². The average Bonchev–Trinajstić information content (AvgIpc) is 3.37. The van der Waals surface area contributed by atoms with Gasteiger partial charge in [0.25, 0.3) is 11.4 Å². The molecule has 0 aliphatic carbocycles. The van der Waals surface area contributed by atoms with Crippen molar-refractivity contribution in [2.24, 2.45) is 0 Å². The third kappa shape index (κ3) is 8.52. The molecule has 0 saturated carbocycles. The molecule has 2 rings (SSSR count). The van der Waals surface area contributed by atoms with Crippen molar-refractivity contribution in [2.75, 3.05) is 26.4 Å². The highest BCUT2D eigenvalue weighted by atomic mass is 32.9. The summed E-state index contributed by atoms with van der Waals surface area (Å²) in [5.41, 5.74) is -5.22. The van der Waals surface area contributed by atoms with Crippen molar-refractivity contribution in [3.63, 3.8) is 0 Å². The minimum absolute atomic E-state index is 0.215. The standard InChI is InChI=1S/C14H24N4O6P2S6/c1-5-21-25(27,22-6-2)31-13-17-15-11(29-13)9(19)10(20)12-16-18-14(30-12)32-26(28,23-7-3)24-8-4/h9-10,19-20H,5-8H2,1-4H3. The van der Waals surface area contributed by atoms with Crippen LogP contribution in [0.5, 0.6) is 0 Å². The average molecular weight is 599 g/mol. The lowest BCUT2D eigenvalue weighted by Crippen LogP contribution is -2.10. The fraction of sp³-hybridized carbons (Fsp3) is 0.714. The van der Waals surface area contributed by atoms with Crippen LogP contribution in [0.4, 0.5) is 0 Å². The van der Waals surface area contributed by atoms with E-state index in [1.807, 2.05) is 27.7 Å². The minimum atomic E-state index is -2.61. The van der Waals surface area contributed by atoms with Gasteiger partial charge in [0.2, 0.25) is 0 Å². The Bertz CT molecular complexity index is 854. The Morgan fingerprint density at radius 1 is 0.719 bits per heavy atom. The minimum Gasteiger partial charge on any atom is -0.383 e. The van der Waals surface area contributed by atoms with Gasteiger partial charge in [-0.1, -0.05) is 22.7 Å². The van der Waals surface area contributed by atoms with Crippen LogP contribution in [0.1, 0.15) is 49.9 Å². The first kappa shape index (κ1) is 29.1. The van der Waals surface area contributed by atoms with Crippen molar-refractivity contribution in [2.45, 2.75) is 48.6 Å². The summed E-state index contributed by atoms with van der Waals surface area (Å²) in [4.78, 5) is 0. The molecule has 0 spiro atoms. The lowest BCUT2D eigenvalue weighted by atomic mass is 10.2. The largest absolute Gasteiger partial charge is 0.383 e. The summed E-state index contributed by atoms with van der Waals surface area (Å²) in [6.07, 6.45) is -2.68. The second-order valence-corrected chi connectivity index (χ2v) is 20.2. The van der Waals surface area contributed by atoms with Crippen LogP contribution in [-0.4, -0.2) is 57.0 Å². The van der Waals surface area contributed by atoms with Crippen LogP contribution in [0.25, 0.3) is 0 Å². The van der Waals surface area contributed by atoms with E-state index in [0.717, 1.165) is 22.7 Å². The van der Waals surface area contributed by atoms with E-state index < -0.39 is 23.6 Å². The predicted molar refractivity (Wildman–Crippen MR) is 137 cm³/mol. The van der Waals surface area contributed by atoms with Gasteiger partial charge >= 0.3 is 0 Å². The van der Waals surface area contributed by atoms with E-state index in [1.54, 1.807) is 0 Å². The van der Waals surface area contributed by atoms with Gasteiger partial charge in [0, 0.05) is 0 Å². The Hall–Kier alpha value is 0.880. The SMILES string of the molecule is CCOP(=S)(OCC)Sc1nnc(C(O)C(O)c2nnc(SP(=S)(OCC)OCC)s2)s1. The molecule has 0 aliphatic rings. The van der Waals surface area contributed by atoms with Gasteiger partial charge in [0.1, 0.15) is 22.2 Å². The Morgan fingerprint density at radius 2 is 1.03 bits per heavy atom. The molecule has 32 heavy (non-hydrogen) atoms. The predicted octanol–water partition coefficient (Wildman–Crippen LogP) is 4.94. The molecule has 18 heteroatoms. The zero-order valence-electron chi connectivity index (χ0n) is 17.6. The van der Waals surface area contributed by atoms with Crippen molar-refractivity contribution in [1.29, 1.82) is 0 Å². The molecule has 0 bridgehead atoms. The summed E-state index contributed by atoms with van der Waals surface area (Å²) in [6.45, 7) is 8.99. The summed E-state index contributed by atoms with van der Waals surface area (Å²) < 4.78 is 23.3. The van der Waals surface area contributed by atoms with Gasteiger partial charge in [-0.2, -0.15) is 0 Å². The van der Waals surface area contributed by atoms with Crippen molar-refractivity contribution >= 4 is 80.4 Å². The molecule has 0 amide bonds. The monoisotopic (exact) mass is 598 g/mol. The molecule has 2 aromatic heterocycles. The van der Waals surface area contributed by atoms with Crippen LogP contribution in [0.15, 0.2) is 8.68 Å². The summed E-state index contributed by atoms with van der Waals surface area (Å²) in [5, 5.41) is 37.7. The molecule has 0 aromatic carbocycles. The van der Waals surface area contributed by atoms with E-state index in [4.69, 9.17) is 41.7 Å². The van der Waals surface area contributed by atoms with E-state index in [9.17, 15) is 10.2 Å². The molecule has 2 aromatic rings. The number of nitrogens with zero attached hydrogens (tertiary/aromatic N) is 4. The Balaban J connectivity index is 2.09. The lowest BCUT2D eigenvalue weighted by Gasteiger charge is -2.18. The van der Waals surface area contributed by atoms with E-state index in [1.165, 1.54) is 22.8 Å². The zero-order chi connectivity index (χ0) is 23.8. The smallest absolute Gasteiger partial charge is 0.254 e. The van der Waals surface area contributed by atoms with Crippen LogP contribution in [0.3, 0.4) is 0 Å². The first-order valence-corrected chi connectivity index (χ1v) is 19.1. The van der Waals surface area contributed by atoms with Gasteiger partial charge in [0.05, 0.1) is 26.4 Å². The summed E-state index contributed by atoms with van der Waals surface area (Å²) in [6, 6.07) is 0. The summed E-state index contributed by atoms with van der Waals surface area (Å²) in [7, 11) is 0. The Morgan fingerprint density at radius 3 is 1.31 bits per heavy atom. The summed E-state index contributed by atoms with van der Waals surface area (Å²) >= 11 is 15.5. The molecule has 2 N–H and O–H groups in total. The fourth-order valence-electron chi connectivity index (χ4n) is 2.03. The topological polar surface area (TPSA) is 129 Å². The summed E-state index contributed by atoms with van der Waals surface area (Å²) in [5.74, 6) is 0. The number of hydrogen-bond donors (Lipinski definition) is 2. The van der Waals surface area contributed by atoms with E-state index >= 15 is 0 Å². The fourth-order valence-corrected chi connectivity index (χ4v) is 15.3. The van der Waals surface area contributed by atoms with Gasteiger partial charge in [-0.15, -0.1) is 20.4 Å². The Labute approximate surface area is 213 Å². The molecule has 2 heterocycles. The van der Waals surface area contributed by atoms with Crippen LogP contribution in [0, 0.1) is 0 Å². The second-order valence-electron chi connectivity index (χ2n) is 5.45. The van der Waals surface area contributed by atoms with E-state index in [-0.39, 0.29) is 10.0 Å². The molecule has 2 unspecified atom stereocenters. The molecule has 0 fully saturated rings. The van der Waals surface area contributed by atoms with Gasteiger partial charge in [0.15, 0.2) is 8.68 Å². The highest BCUT2D eigenvalue weighted by Crippen LogP contribution is 2.65. The maximum Gasteiger partial charge on any atom is 0.254 e. The number of hydrogen-bond acceptors (Lipinski definition) is 16. The molecule has 0 saturated heterocycles. The maximum absolute atomic E-state index is 10.6. The highest BCUT2D eigenvalue weighted by molar-refractivity contribution is 8.68.